The topological polar surface area (TPSA) is 50.2 Å². The van der Waals surface area contributed by atoms with Gasteiger partial charge in [-0.1, -0.05) is 0 Å². The molecule has 0 amide bonds. The first-order valence-corrected chi connectivity index (χ1v) is 14.8. The van der Waals surface area contributed by atoms with Gasteiger partial charge in [-0.3, -0.25) is 0 Å². The zero-order valence-corrected chi connectivity index (χ0v) is 18.0. The van der Waals surface area contributed by atoms with E-state index in [2.05, 4.69) is 41.4 Å². The summed E-state index contributed by atoms with van der Waals surface area (Å²) in [6.45, 7) is 0. The van der Waals surface area contributed by atoms with E-state index in [1.54, 1.807) is 6.20 Å². The van der Waals surface area contributed by atoms with Crippen molar-refractivity contribution in [1.82, 2.24) is 4.98 Å². The Kier molecular flexibility index (Phi) is 5.26. The van der Waals surface area contributed by atoms with Crippen molar-refractivity contribution in [3.8, 4) is 0 Å². The van der Waals surface area contributed by atoms with Crippen molar-refractivity contribution in [2.45, 2.75) is 0 Å². The van der Waals surface area contributed by atoms with E-state index in [0.717, 1.165) is 3.58 Å². The minimum atomic E-state index is -3.88. The molecule has 0 aliphatic heterocycles. The summed E-state index contributed by atoms with van der Waals surface area (Å²) in [5.74, 6) is -0.938. The molecule has 0 aliphatic rings. The average Bonchev–Trinajstić information content (AvgIpc) is 2.77. The van der Waals surface area contributed by atoms with Crippen LogP contribution in [0.2, 0.25) is 0 Å². The summed E-state index contributed by atoms with van der Waals surface area (Å²) in [5.41, 5.74) is 0.287. The van der Waals surface area contributed by atoms with E-state index < -0.39 is 24.3 Å². The zero-order chi connectivity index (χ0) is 19.4. The van der Waals surface area contributed by atoms with E-state index in [-0.39, 0.29) is 5.56 Å². The number of carbonyl (C=O) groups is 1. The Morgan fingerprint density at radius 2 is 1.11 bits per heavy atom. The Morgan fingerprint density at radius 1 is 0.679 bits per heavy atom. The quantitative estimate of drug-likeness (QED) is 0.454. The van der Waals surface area contributed by atoms with Gasteiger partial charge < -0.3 is 0 Å². The molecule has 0 saturated carbocycles. The number of hydrogen-bond donors (Lipinski definition) is 1. The Balaban J connectivity index is 2.19. The molecule has 0 unspecified atom stereocenters. The molecule has 0 fully saturated rings. The van der Waals surface area contributed by atoms with E-state index in [9.17, 15) is 9.90 Å². The minimum absolute atomic E-state index is 0.287. The predicted molar refractivity (Wildman–Crippen MR) is 115 cm³/mol. The summed E-state index contributed by atoms with van der Waals surface area (Å²) in [7, 11) is 0. The molecule has 4 rings (SSSR count). The number of rotatable bonds is 5. The molecule has 3 aromatic carbocycles. The van der Waals surface area contributed by atoms with Gasteiger partial charge in [-0.2, -0.15) is 0 Å². The molecule has 136 valence electrons. The second-order valence-electron chi connectivity index (χ2n) is 6.57. The number of benzene rings is 3. The van der Waals surface area contributed by atoms with Crippen LogP contribution in [-0.4, -0.2) is 34.4 Å². The molecule has 1 aromatic heterocycles. The van der Waals surface area contributed by atoms with Crippen molar-refractivity contribution in [2.75, 3.05) is 0 Å². The molecule has 0 aliphatic carbocycles. The van der Waals surface area contributed by atoms with Crippen LogP contribution in [0, 0.1) is 0 Å². The Morgan fingerprint density at radius 3 is 1.50 bits per heavy atom. The number of nitrogens with zero attached hydrogens (tertiary/aromatic N) is 1. The van der Waals surface area contributed by atoms with Gasteiger partial charge in [0.1, 0.15) is 0 Å². The molecular weight excluding hydrogens is 453 g/mol. The summed E-state index contributed by atoms with van der Waals surface area (Å²) >= 11 is -3.88. The molecule has 0 bridgehead atoms. The van der Waals surface area contributed by atoms with E-state index in [1.807, 2.05) is 60.7 Å². The fourth-order valence-electron chi connectivity index (χ4n) is 3.92. The predicted octanol–water partition coefficient (Wildman–Crippen LogP) is 2.16. The van der Waals surface area contributed by atoms with Crippen LogP contribution in [0.3, 0.4) is 0 Å². The van der Waals surface area contributed by atoms with Gasteiger partial charge in [0.15, 0.2) is 0 Å². The summed E-state index contributed by atoms with van der Waals surface area (Å²) < 4.78 is 4.54. The second kappa shape index (κ2) is 7.98. The molecule has 1 N–H and O–H groups in total. The van der Waals surface area contributed by atoms with Gasteiger partial charge >= 0.3 is 169 Å². The number of pyridine rings is 1. The van der Waals surface area contributed by atoms with Crippen LogP contribution in [0.15, 0.2) is 109 Å². The molecule has 28 heavy (non-hydrogen) atoms. The normalized spacial score (nSPS) is 11.1. The number of aromatic carboxylic acids is 1. The van der Waals surface area contributed by atoms with Gasteiger partial charge in [0, 0.05) is 0 Å². The van der Waals surface area contributed by atoms with Crippen molar-refractivity contribution in [1.29, 1.82) is 0 Å². The standard InChI is InChI=1S/C6H4NO2.3C6H5.Sn/c8-6(9)5-2-1-3-7-4-5;3*1-2-4-6-5-3-1;/h1,3-4H,(H,8,9);3*1-5H;. The van der Waals surface area contributed by atoms with Crippen molar-refractivity contribution >= 4 is 38.7 Å². The number of aromatic nitrogens is 1. The van der Waals surface area contributed by atoms with Crippen LogP contribution in [-0.2, 0) is 0 Å². The van der Waals surface area contributed by atoms with Gasteiger partial charge in [-0.05, 0) is 0 Å². The number of carboxylic acid groups (broad SMARTS) is 1. The SMILES string of the molecule is O=C(O)c1cncc[c]1[Sn]([c]1ccccc1)([c]1ccccc1)[c]1ccccc1. The Hall–Kier alpha value is -2.92. The second-order valence-corrected chi connectivity index (χ2v) is 17.3. The van der Waals surface area contributed by atoms with E-state index >= 15 is 0 Å². The van der Waals surface area contributed by atoms with Crippen LogP contribution < -0.4 is 14.3 Å². The third-order valence-electron chi connectivity index (χ3n) is 5.08. The summed E-state index contributed by atoms with van der Waals surface area (Å²) in [4.78, 5) is 16.3. The fraction of sp³-hybridized carbons (Fsp3) is 0. The van der Waals surface area contributed by atoms with E-state index in [4.69, 9.17) is 0 Å². The molecular formula is C24H19NO2Sn. The van der Waals surface area contributed by atoms with Gasteiger partial charge in [0.2, 0.25) is 0 Å². The number of carboxylic acids is 1. The Labute approximate surface area is 168 Å². The van der Waals surface area contributed by atoms with Crippen LogP contribution in [0.1, 0.15) is 10.4 Å². The monoisotopic (exact) mass is 473 g/mol. The van der Waals surface area contributed by atoms with E-state index in [0.29, 0.717) is 0 Å². The molecule has 1 heterocycles. The fourth-order valence-corrected chi connectivity index (χ4v) is 17.9. The first kappa shape index (κ1) is 18.4. The van der Waals surface area contributed by atoms with Crippen molar-refractivity contribution in [2.24, 2.45) is 0 Å². The van der Waals surface area contributed by atoms with Crippen LogP contribution in [0.4, 0.5) is 0 Å². The number of hydrogen-bond acceptors (Lipinski definition) is 2. The first-order chi connectivity index (χ1) is 13.7. The molecule has 0 atom stereocenters. The molecule has 0 saturated heterocycles. The van der Waals surface area contributed by atoms with Crippen molar-refractivity contribution in [3.63, 3.8) is 0 Å². The molecule has 0 radical (unpaired) electrons. The molecule has 0 spiro atoms. The van der Waals surface area contributed by atoms with Gasteiger partial charge in [-0.15, -0.1) is 0 Å². The third kappa shape index (κ3) is 3.12. The first-order valence-electron chi connectivity index (χ1n) is 9.09. The maximum absolute atomic E-state index is 12.2. The Bertz CT molecular complexity index is 986. The van der Waals surface area contributed by atoms with Gasteiger partial charge in [0.05, 0.1) is 0 Å². The van der Waals surface area contributed by atoms with Gasteiger partial charge in [0.25, 0.3) is 0 Å². The summed E-state index contributed by atoms with van der Waals surface area (Å²) in [6, 6.07) is 33.0. The van der Waals surface area contributed by atoms with Crippen molar-refractivity contribution < 1.29 is 9.90 Å². The molecule has 4 aromatic rings. The average molecular weight is 472 g/mol. The van der Waals surface area contributed by atoms with Crippen molar-refractivity contribution in [3.05, 3.63) is 115 Å². The summed E-state index contributed by atoms with van der Waals surface area (Å²) in [6.07, 6.45) is 3.19. The van der Waals surface area contributed by atoms with Gasteiger partial charge in [-0.25, -0.2) is 0 Å². The van der Waals surface area contributed by atoms with E-state index in [1.165, 1.54) is 16.9 Å². The van der Waals surface area contributed by atoms with Crippen LogP contribution in [0.5, 0.6) is 0 Å². The van der Waals surface area contributed by atoms with Crippen LogP contribution >= 0.6 is 0 Å². The zero-order valence-electron chi connectivity index (χ0n) is 15.2. The third-order valence-corrected chi connectivity index (χ3v) is 18.9. The molecule has 3 nitrogen and oxygen atoms in total. The maximum atomic E-state index is 12.2. The summed E-state index contributed by atoms with van der Waals surface area (Å²) in [5, 5.41) is 9.96. The van der Waals surface area contributed by atoms with Crippen LogP contribution in [0.25, 0.3) is 0 Å². The molecule has 4 heteroatoms.